The van der Waals surface area contributed by atoms with Crippen LogP contribution in [0, 0.1) is 0 Å². The second kappa shape index (κ2) is 6.92. The lowest BCUT2D eigenvalue weighted by Gasteiger charge is -2.22. The van der Waals surface area contributed by atoms with Crippen LogP contribution >= 0.6 is 0 Å². The third kappa shape index (κ3) is 4.09. The molecule has 1 rings (SSSR count). The van der Waals surface area contributed by atoms with E-state index in [4.69, 9.17) is 4.74 Å². The van der Waals surface area contributed by atoms with Gasteiger partial charge in [0.25, 0.3) is 0 Å². The first-order valence-corrected chi connectivity index (χ1v) is 7.88. The Kier molecular flexibility index (Phi) is 5.79. The Balaban J connectivity index is 2.99. The van der Waals surface area contributed by atoms with Crippen molar-refractivity contribution in [2.45, 2.75) is 33.4 Å². The molecular formula is C13H22N2O4S. The van der Waals surface area contributed by atoms with Crippen LogP contribution in [0.2, 0.25) is 0 Å². The second-order valence-electron chi connectivity index (χ2n) is 4.63. The van der Waals surface area contributed by atoms with Crippen molar-refractivity contribution in [1.82, 2.24) is 4.31 Å². The standard InChI is InChI=1S/C13H22N2O4S/c1-5-19-13-7-6-12(8-11(13)9-16)14-20(17,18)15(4)10(2)3/h6-8,10,14,16H,5,9H2,1-4H3. The molecule has 0 bridgehead atoms. The van der Waals surface area contributed by atoms with Crippen molar-refractivity contribution >= 4 is 15.9 Å². The van der Waals surface area contributed by atoms with Crippen LogP contribution < -0.4 is 9.46 Å². The summed E-state index contributed by atoms with van der Waals surface area (Å²) in [6.07, 6.45) is 0. The minimum Gasteiger partial charge on any atom is -0.494 e. The Morgan fingerprint density at radius 3 is 2.55 bits per heavy atom. The summed E-state index contributed by atoms with van der Waals surface area (Å²) in [7, 11) is -2.09. The third-order valence-corrected chi connectivity index (χ3v) is 4.56. The summed E-state index contributed by atoms with van der Waals surface area (Å²) in [6.45, 7) is 5.68. The Morgan fingerprint density at radius 2 is 2.05 bits per heavy atom. The topological polar surface area (TPSA) is 78.9 Å². The number of nitrogens with zero attached hydrogens (tertiary/aromatic N) is 1. The highest BCUT2D eigenvalue weighted by Gasteiger charge is 2.20. The van der Waals surface area contributed by atoms with Crippen LogP contribution in [0.3, 0.4) is 0 Å². The van der Waals surface area contributed by atoms with Gasteiger partial charge in [-0.1, -0.05) is 0 Å². The quantitative estimate of drug-likeness (QED) is 0.801. The largest absolute Gasteiger partial charge is 0.494 e. The first-order chi connectivity index (χ1) is 9.31. The maximum absolute atomic E-state index is 12.1. The molecular weight excluding hydrogens is 280 g/mol. The zero-order chi connectivity index (χ0) is 15.3. The second-order valence-corrected chi connectivity index (χ2v) is 6.36. The fraction of sp³-hybridized carbons (Fsp3) is 0.538. The number of benzene rings is 1. The van der Waals surface area contributed by atoms with Gasteiger partial charge in [-0.2, -0.15) is 12.7 Å². The van der Waals surface area contributed by atoms with Gasteiger partial charge in [0.15, 0.2) is 0 Å². The molecule has 1 aromatic rings. The van der Waals surface area contributed by atoms with Gasteiger partial charge in [0.2, 0.25) is 0 Å². The average Bonchev–Trinajstić information content (AvgIpc) is 2.39. The molecule has 0 fully saturated rings. The van der Waals surface area contributed by atoms with Crippen molar-refractivity contribution in [2.75, 3.05) is 18.4 Å². The van der Waals surface area contributed by atoms with Crippen LogP contribution in [0.4, 0.5) is 5.69 Å². The van der Waals surface area contributed by atoms with Crippen molar-refractivity contribution in [3.63, 3.8) is 0 Å². The van der Waals surface area contributed by atoms with Gasteiger partial charge >= 0.3 is 10.2 Å². The van der Waals surface area contributed by atoms with E-state index in [2.05, 4.69) is 4.72 Å². The fourth-order valence-corrected chi connectivity index (χ4v) is 2.69. The van der Waals surface area contributed by atoms with Gasteiger partial charge in [0, 0.05) is 18.7 Å². The zero-order valence-electron chi connectivity index (χ0n) is 12.3. The maximum atomic E-state index is 12.1. The first kappa shape index (κ1) is 16.7. The van der Waals surface area contributed by atoms with Crippen molar-refractivity contribution in [3.8, 4) is 5.75 Å². The summed E-state index contributed by atoms with van der Waals surface area (Å²) >= 11 is 0. The van der Waals surface area contributed by atoms with Crippen molar-refractivity contribution in [1.29, 1.82) is 0 Å². The van der Waals surface area contributed by atoms with E-state index in [1.807, 2.05) is 6.92 Å². The number of anilines is 1. The number of nitrogens with one attached hydrogen (secondary N) is 1. The predicted molar refractivity (Wildman–Crippen MR) is 79.0 cm³/mol. The highest BCUT2D eigenvalue weighted by atomic mass is 32.2. The van der Waals surface area contributed by atoms with E-state index in [-0.39, 0.29) is 12.6 Å². The van der Waals surface area contributed by atoms with Crippen molar-refractivity contribution < 1.29 is 18.3 Å². The Morgan fingerprint density at radius 1 is 1.40 bits per heavy atom. The van der Waals surface area contributed by atoms with Crippen LogP contribution in [-0.2, 0) is 16.8 Å². The summed E-state index contributed by atoms with van der Waals surface area (Å²) in [4.78, 5) is 0. The monoisotopic (exact) mass is 302 g/mol. The molecule has 2 N–H and O–H groups in total. The number of rotatable bonds is 7. The molecule has 0 aliphatic heterocycles. The van der Waals surface area contributed by atoms with E-state index >= 15 is 0 Å². The molecule has 114 valence electrons. The van der Waals surface area contributed by atoms with Crippen LogP contribution in [0.25, 0.3) is 0 Å². The summed E-state index contributed by atoms with van der Waals surface area (Å²) in [6, 6.07) is 4.67. The van der Waals surface area contributed by atoms with E-state index in [1.54, 1.807) is 32.0 Å². The van der Waals surface area contributed by atoms with Crippen LogP contribution in [0.1, 0.15) is 26.3 Å². The SMILES string of the molecule is CCOc1ccc(NS(=O)(=O)N(C)C(C)C)cc1CO. The van der Waals surface area contributed by atoms with Gasteiger partial charge in [-0.25, -0.2) is 0 Å². The summed E-state index contributed by atoms with van der Waals surface area (Å²) < 4.78 is 33.2. The molecule has 0 spiro atoms. The molecule has 0 unspecified atom stereocenters. The lowest BCUT2D eigenvalue weighted by atomic mass is 10.2. The molecule has 0 aliphatic rings. The van der Waals surface area contributed by atoms with E-state index in [9.17, 15) is 13.5 Å². The highest BCUT2D eigenvalue weighted by Crippen LogP contribution is 2.24. The van der Waals surface area contributed by atoms with Gasteiger partial charge in [-0.3, -0.25) is 4.72 Å². The van der Waals surface area contributed by atoms with E-state index in [1.165, 1.54) is 11.4 Å². The molecule has 0 heterocycles. The number of aliphatic hydroxyl groups excluding tert-OH is 1. The molecule has 0 radical (unpaired) electrons. The molecule has 0 aliphatic carbocycles. The van der Waals surface area contributed by atoms with E-state index in [0.29, 0.717) is 23.6 Å². The zero-order valence-corrected chi connectivity index (χ0v) is 13.1. The number of hydrogen-bond acceptors (Lipinski definition) is 4. The normalized spacial score (nSPS) is 11.9. The molecule has 0 aromatic heterocycles. The minimum absolute atomic E-state index is 0.146. The van der Waals surface area contributed by atoms with Crippen molar-refractivity contribution in [2.24, 2.45) is 0 Å². The molecule has 0 saturated heterocycles. The van der Waals surface area contributed by atoms with Gasteiger partial charge in [0.1, 0.15) is 5.75 Å². The van der Waals surface area contributed by atoms with Gasteiger partial charge in [-0.05, 0) is 39.0 Å². The van der Waals surface area contributed by atoms with Crippen molar-refractivity contribution in [3.05, 3.63) is 23.8 Å². The Bertz CT molecular complexity index is 543. The molecule has 20 heavy (non-hydrogen) atoms. The van der Waals surface area contributed by atoms with Crippen LogP contribution in [0.5, 0.6) is 5.75 Å². The van der Waals surface area contributed by atoms with E-state index < -0.39 is 10.2 Å². The molecule has 0 amide bonds. The number of hydrogen-bond donors (Lipinski definition) is 2. The molecule has 6 nitrogen and oxygen atoms in total. The summed E-state index contributed by atoms with van der Waals surface area (Å²) in [5.41, 5.74) is 0.934. The molecule has 1 aromatic carbocycles. The predicted octanol–water partition coefficient (Wildman–Crippen LogP) is 1.57. The third-order valence-electron chi connectivity index (χ3n) is 2.88. The minimum atomic E-state index is -3.60. The van der Waals surface area contributed by atoms with E-state index in [0.717, 1.165) is 0 Å². The lowest BCUT2D eigenvalue weighted by Crippen LogP contribution is -2.37. The van der Waals surface area contributed by atoms with Gasteiger partial charge < -0.3 is 9.84 Å². The fourth-order valence-electron chi connectivity index (χ4n) is 1.56. The smallest absolute Gasteiger partial charge is 0.301 e. The average molecular weight is 302 g/mol. The Hall–Kier alpha value is -1.31. The highest BCUT2D eigenvalue weighted by molar-refractivity contribution is 7.90. The Labute approximate surface area is 120 Å². The number of ether oxygens (including phenoxy) is 1. The van der Waals surface area contributed by atoms with Crippen LogP contribution in [-0.4, -0.2) is 37.5 Å². The first-order valence-electron chi connectivity index (χ1n) is 6.44. The molecule has 0 saturated carbocycles. The molecule has 7 heteroatoms. The molecule has 0 atom stereocenters. The van der Waals surface area contributed by atoms with Crippen LogP contribution in [0.15, 0.2) is 18.2 Å². The summed E-state index contributed by atoms with van der Waals surface area (Å²) in [5, 5.41) is 9.30. The number of aliphatic hydroxyl groups is 1. The van der Waals surface area contributed by atoms with Gasteiger partial charge in [0.05, 0.1) is 18.9 Å². The maximum Gasteiger partial charge on any atom is 0.301 e. The van der Waals surface area contributed by atoms with Gasteiger partial charge in [-0.15, -0.1) is 0 Å². The summed E-state index contributed by atoms with van der Waals surface area (Å²) in [5.74, 6) is 0.551. The lowest BCUT2D eigenvalue weighted by molar-refractivity contribution is 0.267.